The van der Waals surface area contributed by atoms with Crippen molar-refractivity contribution in [3.05, 3.63) is 0 Å². The summed E-state index contributed by atoms with van der Waals surface area (Å²) in [7, 11) is 0. The second kappa shape index (κ2) is 5.80. The van der Waals surface area contributed by atoms with Crippen LogP contribution in [0.3, 0.4) is 0 Å². The monoisotopic (exact) mass is 188 g/mol. The molecule has 0 bridgehead atoms. The fraction of sp³-hybridized carbons (Fsp3) is 0.889. The van der Waals surface area contributed by atoms with Crippen LogP contribution in [0, 0.1) is 0 Å². The fourth-order valence-electron chi connectivity index (χ4n) is 0.732. The number of unbranched alkanes of at least 4 members (excludes halogenated alkanes) is 1. The lowest BCUT2D eigenvalue weighted by Gasteiger charge is -2.19. The summed E-state index contributed by atoms with van der Waals surface area (Å²) in [6.45, 7) is 5.85. The Hall–Kier alpha value is -0.770. The number of ether oxygens (including phenoxy) is 1. The van der Waals surface area contributed by atoms with Gasteiger partial charge in [-0.3, -0.25) is 0 Å². The SMILES string of the molecule is CC(C)(C)OC(=O)NCCCC[O]. The van der Waals surface area contributed by atoms with E-state index in [1.165, 1.54) is 0 Å². The van der Waals surface area contributed by atoms with Crippen molar-refractivity contribution < 1.29 is 14.6 Å². The number of hydrogen-bond acceptors (Lipinski definition) is 2. The molecule has 0 aliphatic carbocycles. The predicted octanol–water partition coefficient (Wildman–Crippen LogP) is 1.72. The number of nitrogens with one attached hydrogen (secondary N) is 1. The van der Waals surface area contributed by atoms with Crippen LogP contribution in [0.4, 0.5) is 4.79 Å². The van der Waals surface area contributed by atoms with Crippen LogP contribution in [0.2, 0.25) is 0 Å². The minimum absolute atomic E-state index is 0.0873. The van der Waals surface area contributed by atoms with Gasteiger partial charge in [-0.1, -0.05) is 0 Å². The largest absolute Gasteiger partial charge is 0.444 e. The highest BCUT2D eigenvalue weighted by molar-refractivity contribution is 5.67. The van der Waals surface area contributed by atoms with E-state index >= 15 is 0 Å². The molecule has 0 aromatic rings. The molecule has 77 valence electrons. The third-order valence-corrected chi connectivity index (χ3v) is 1.24. The molecule has 0 aliphatic heterocycles. The van der Waals surface area contributed by atoms with Gasteiger partial charge in [0.2, 0.25) is 0 Å². The smallest absolute Gasteiger partial charge is 0.407 e. The maximum absolute atomic E-state index is 11.0. The van der Waals surface area contributed by atoms with Crippen molar-refractivity contribution in [1.29, 1.82) is 0 Å². The van der Waals surface area contributed by atoms with Crippen LogP contribution in [0.1, 0.15) is 33.6 Å². The number of amides is 1. The summed E-state index contributed by atoms with van der Waals surface area (Å²) in [5.74, 6) is 0. The van der Waals surface area contributed by atoms with Crippen molar-refractivity contribution >= 4 is 6.09 Å². The van der Waals surface area contributed by atoms with Crippen LogP contribution in [0.5, 0.6) is 0 Å². The zero-order chi connectivity index (χ0) is 10.3. The minimum atomic E-state index is -0.456. The van der Waals surface area contributed by atoms with E-state index in [0.717, 1.165) is 0 Å². The van der Waals surface area contributed by atoms with Crippen molar-refractivity contribution in [2.45, 2.75) is 39.2 Å². The van der Waals surface area contributed by atoms with Gasteiger partial charge in [0.25, 0.3) is 0 Å². The van der Waals surface area contributed by atoms with Crippen LogP contribution in [0.15, 0.2) is 0 Å². The lowest BCUT2D eigenvalue weighted by Crippen LogP contribution is -2.33. The Kier molecular flexibility index (Phi) is 5.46. The molecule has 0 saturated carbocycles. The van der Waals surface area contributed by atoms with Crippen LogP contribution in [-0.2, 0) is 9.84 Å². The molecule has 13 heavy (non-hydrogen) atoms. The highest BCUT2D eigenvalue weighted by Gasteiger charge is 2.15. The molecule has 0 aliphatic rings. The lowest BCUT2D eigenvalue weighted by atomic mass is 10.2. The van der Waals surface area contributed by atoms with E-state index in [-0.39, 0.29) is 6.61 Å². The van der Waals surface area contributed by atoms with Gasteiger partial charge < -0.3 is 10.1 Å². The summed E-state index contributed by atoms with van der Waals surface area (Å²) in [6.07, 6.45) is 0.886. The first-order valence-corrected chi connectivity index (χ1v) is 4.50. The molecule has 1 radical (unpaired) electrons. The van der Waals surface area contributed by atoms with Gasteiger partial charge in [0.15, 0.2) is 0 Å². The topological polar surface area (TPSA) is 58.2 Å². The molecule has 0 atom stereocenters. The molecule has 0 saturated heterocycles. The van der Waals surface area contributed by atoms with E-state index in [1.54, 1.807) is 0 Å². The lowest BCUT2D eigenvalue weighted by molar-refractivity contribution is 0.0525. The molecular formula is C9H18NO3. The molecule has 0 aromatic carbocycles. The van der Waals surface area contributed by atoms with E-state index in [1.807, 2.05) is 20.8 Å². The van der Waals surface area contributed by atoms with Gasteiger partial charge in [-0.05, 0) is 33.6 Å². The Labute approximate surface area is 79.3 Å². The van der Waals surface area contributed by atoms with E-state index in [9.17, 15) is 9.90 Å². The number of rotatable bonds is 4. The molecule has 0 unspecified atom stereocenters. The molecular weight excluding hydrogens is 170 g/mol. The first kappa shape index (κ1) is 12.2. The van der Waals surface area contributed by atoms with E-state index < -0.39 is 11.7 Å². The molecule has 0 fully saturated rings. The van der Waals surface area contributed by atoms with Gasteiger partial charge in [-0.2, -0.15) is 0 Å². The summed E-state index contributed by atoms with van der Waals surface area (Å²) in [6, 6.07) is 0. The Morgan fingerprint density at radius 2 is 1.92 bits per heavy atom. The van der Waals surface area contributed by atoms with Crippen molar-refractivity contribution in [3.8, 4) is 0 Å². The van der Waals surface area contributed by atoms with Crippen LogP contribution in [0.25, 0.3) is 0 Å². The summed E-state index contributed by atoms with van der Waals surface area (Å²) >= 11 is 0. The van der Waals surface area contributed by atoms with E-state index in [2.05, 4.69) is 5.32 Å². The third-order valence-electron chi connectivity index (χ3n) is 1.24. The average molecular weight is 188 g/mol. The Bertz CT molecular complexity index is 151. The van der Waals surface area contributed by atoms with Gasteiger partial charge in [0.05, 0.1) is 6.61 Å². The number of carbonyl (C=O) groups excluding carboxylic acids is 1. The molecule has 4 heteroatoms. The zero-order valence-corrected chi connectivity index (χ0v) is 8.55. The Morgan fingerprint density at radius 1 is 1.31 bits per heavy atom. The Balaban J connectivity index is 3.41. The van der Waals surface area contributed by atoms with E-state index in [4.69, 9.17) is 4.74 Å². The summed E-state index contributed by atoms with van der Waals surface area (Å²) in [4.78, 5) is 11.0. The molecule has 1 amide bonds. The molecule has 0 spiro atoms. The highest BCUT2D eigenvalue weighted by Crippen LogP contribution is 2.06. The second-order valence-electron chi connectivity index (χ2n) is 3.84. The van der Waals surface area contributed by atoms with Gasteiger partial charge in [-0.15, -0.1) is 0 Å². The van der Waals surface area contributed by atoms with Gasteiger partial charge in [-0.25, -0.2) is 9.90 Å². The maximum atomic E-state index is 11.0. The Morgan fingerprint density at radius 3 is 2.38 bits per heavy atom. The van der Waals surface area contributed by atoms with Crippen LogP contribution < -0.4 is 5.32 Å². The van der Waals surface area contributed by atoms with Crippen molar-refractivity contribution in [2.75, 3.05) is 13.2 Å². The molecule has 1 N–H and O–H groups in total. The standard InChI is InChI=1S/C9H18NO3/c1-9(2,3)13-8(12)10-6-4-5-7-11/h4-7H2,1-3H3,(H,10,12). The van der Waals surface area contributed by atoms with Crippen LogP contribution >= 0.6 is 0 Å². The zero-order valence-electron chi connectivity index (χ0n) is 8.55. The first-order chi connectivity index (χ1) is 5.95. The quantitative estimate of drug-likeness (QED) is 0.683. The predicted molar refractivity (Wildman–Crippen MR) is 49.0 cm³/mol. The number of hydrogen-bond donors (Lipinski definition) is 1. The molecule has 0 aromatic heterocycles. The second-order valence-corrected chi connectivity index (χ2v) is 3.84. The van der Waals surface area contributed by atoms with Crippen molar-refractivity contribution in [3.63, 3.8) is 0 Å². The average Bonchev–Trinajstić information content (AvgIpc) is 1.94. The molecule has 4 nitrogen and oxygen atoms in total. The summed E-state index contributed by atoms with van der Waals surface area (Å²) in [5, 5.41) is 12.6. The first-order valence-electron chi connectivity index (χ1n) is 4.50. The third kappa shape index (κ3) is 9.14. The normalized spacial score (nSPS) is 11.1. The van der Waals surface area contributed by atoms with Gasteiger partial charge >= 0.3 is 6.09 Å². The minimum Gasteiger partial charge on any atom is -0.444 e. The van der Waals surface area contributed by atoms with Crippen LogP contribution in [-0.4, -0.2) is 24.8 Å². The summed E-state index contributed by atoms with van der Waals surface area (Å²) in [5.41, 5.74) is -0.456. The van der Waals surface area contributed by atoms with E-state index in [0.29, 0.717) is 19.4 Å². The highest BCUT2D eigenvalue weighted by atomic mass is 16.6. The number of carbonyl (C=O) groups is 1. The van der Waals surface area contributed by atoms with Gasteiger partial charge in [0.1, 0.15) is 5.60 Å². The molecule has 0 rings (SSSR count). The summed E-state index contributed by atoms with van der Waals surface area (Å²) < 4.78 is 4.99. The number of alkyl carbamates (subject to hydrolysis) is 1. The van der Waals surface area contributed by atoms with Crippen molar-refractivity contribution in [2.24, 2.45) is 0 Å². The molecule has 0 heterocycles. The van der Waals surface area contributed by atoms with Crippen molar-refractivity contribution in [1.82, 2.24) is 5.32 Å². The fourth-order valence-corrected chi connectivity index (χ4v) is 0.732. The maximum Gasteiger partial charge on any atom is 0.407 e. The van der Waals surface area contributed by atoms with Gasteiger partial charge in [0, 0.05) is 6.54 Å².